The number of hydrogen-bond acceptors (Lipinski definition) is 2. The predicted octanol–water partition coefficient (Wildman–Crippen LogP) is 6.36. The van der Waals surface area contributed by atoms with Crippen molar-refractivity contribution in [2.24, 2.45) is 5.41 Å². The summed E-state index contributed by atoms with van der Waals surface area (Å²) < 4.78 is 7.12. The summed E-state index contributed by atoms with van der Waals surface area (Å²) in [7, 11) is 0. The number of fused-ring (bicyclic) bond motifs is 3. The molecule has 3 aromatic carbocycles. The molecule has 0 aliphatic carbocycles. The Morgan fingerprint density at radius 3 is 1.74 bits per heavy atom. The standard InChI is InChI=1S/C31H35N2O/c32-26-31(27-12-4-1-5-13-27,28-14-6-2-7-15-28)30-18-22-33(23-19-30,24-20-30)21-10-11-25-34-29-16-8-3-9-17-29/h1-9,12-17H,10-11,18-25H2/q+1. The Bertz CT molecular complexity index is 1040. The molecule has 0 N–H and O–H groups in total. The maximum atomic E-state index is 10.8. The molecular formula is C31H35N2O+. The van der Waals surface area contributed by atoms with Gasteiger partial charge in [-0.1, -0.05) is 78.9 Å². The SMILES string of the molecule is N#CC(c1ccccc1)(c1ccccc1)C12CC[N+](CCCCOc3ccccc3)(CC1)CC2. The van der Waals surface area contributed by atoms with Gasteiger partial charge in [-0.05, 0) is 36.1 Å². The summed E-state index contributed by atoms with van der Waals surface area (Å²) in [6.45, 7) is 5.56. The van der Waals surface area contributed by atoms with Crippen molar-refractivity contribution in [1.82, 2.24) is 0 Å². The maximum absolute atomic E-state index is 10.8. The largest absolute Gasteiger partial charge is 0.494 e. The van der Waals surface area contributed by atoms with Gasteiger partial charge in [0.15, 0.2) is 0 Å². The zero-order chi connectivity index (χ0) is 23.3. The minimum Gasteiger partial charge on any atom is -0.494 e. The molecular weight excluding hydrogens is 416 g/mol. The van der Waals surface area contributed by atoms with Crippen molar-refractivity contribution in [3.05, 3.63) is 102 Å². The Kier molecular flexibility index (Phi) is 6.44. The van der Waals surface area contributed by atoms with Crippen LogP contribution in [0.2, 0.25) is 0 Å². The van der Waals surface area contributed by atoms with E-state index >= 15 is 0 Å². The summed E-state index contributed by atoms with van der Waals surface area (Å²) in [4.78, 5) is 0. The van der Waals surface area contributed by atoms with Crippen molar-refractivity contribution >= 4 is 0 Å². The van der Waals surface area contributed by atoms with Gasteiger partial charge in [-0.2, -0.15) is 5.26 Å². The molecule has 3 heterocycles. The zero-order valence-electron chi connectivity index (χ0n) is 20.0. The van der Waals surface area contributed by atoms with E-state index in [9.17, 15) is 5.26 Å². The highest BCUT2D eigenvalue weighted by atomic mass is 16.5. The Balaban J connectivity index is 1.29. The third kappa shape index (κ3) is 4.01. The number of nitrogens with zero attached hydrogens (tertiary/aromatic N) is 2. The Morgan fingerprint density at radius 1 is 0.735 bits per heavy atom. The van der Waals surface area contributed by atoms with Crippen molar-refractivity contribution in [3.8, 4) is 11.8 Å². The molecule has 3 heteroatoms. The molecule has 0 saturated carbocycles. The lowest BCUT2D eigenvalue weighted by Gasteiger charge is -2.60. The first kappa shape index (κ1) is 22.7. The van der Waals surface area contributed by atoms with Gasteiger partial charge in [0.1, 0.15) is 11.2 Å². The van der Waals surface area contributed by atoms with Crippen molar-refractivity contribution in [2.45, 2.75) is 37.5 Å². The second kappa shape index (κ2) is 9.65. The van der Waals surface area contributed by atoms with Crippen molar-refractivity contribution in [3.63, 3.8) is 0 Å². The second-order valence-corrected chi connectivity index (χ2v) is 10.2. The van der Waals surface area contributed by atoms with E-state index in [4.69, 9.17) is 4.74 Å². The lowest BCUT2D eigenvalue weighted by Crippen LogP contribution is -2.66. The highest BCUT2D eigenvalue weighted by Gasteiger charge is 2.61. The average molecular weight is 452 g/mol. The van der Waals surface area contributed by atoms with Crippen LogP contribution in [0.25, 0.3) is 0 Å². The van der Waals surface area contributed by atoms with E-state index in [1.807, 2.05) is 30.3 Å². The molecule has 3 aliphatic rings. The molecule has 174 valence electrons. The van der Waals surface area contributed by atoms with E-state index < -0.39 is 5.41 Å². The van der Waals surface area contributed by atoms with Crippen LogP contribution in [0.5, 0.6) is 5.75 Å². The van der Waals surface area contributed by atoms with Crippen LogP contribution in [0.15, 0.2) is 91.0 Å². The van der Waals surface area contributed by atoms with Crippen molar-refractivity contribution < 1.29 is 9.22 Å². The molecule has 3 aliphatic heterocycles. The van der Waals surface area contributed by atoms with Gasteiger partial charge in [0, 0.05) is 24.7 Å². The first-order valence-electron chi connectivity index (χ1n) is 12.8. The van der Waals surface area contributed by atoms with Crippen LogP contribution in [0, 0.1) is 16.7 Å². The monoisotopic (exact) mass is 451 g/mol. The van der Waals surface area contributed by atoms with Gasteiger partial charge in [0.2, 0.25) is 0 Å². The molecule has 0 unspecified atom stereocenters. The van der Waals surface area contributed by atoms with Gasteiger partial charge in [-0.25, -0.2) is 0 Å². The van der Waals surface area contributed by atoms with Gasteiger partial charge in [-0.15, -0.1) is 0 Å². The van der Waals surface area contributed by atoms with Gasteiger partial charge < -0.3 is 9.22 Å². The Hall–Kier alpha value is -3.09. The molecule has 0 amide bonds. The van der Waals surface area contributed by atoms with E-state index in [1.165, 1.54) is 37.1 Å². The average Bonchev–Trinajstić information content (AvgIpc) is 2.92. The quantitative estimate of drug-likeness (QED) is 0.280. The van der Waals surface area contributed by atoms with Crippen LogP contribution in [0.1, 0.15) is 43.2 Å². The Morgan fingerprint density at radius 2 is 1.24 bits per heavy atom. The van der Waals surface area contributed by atoms with E-state index in [-0.39, 0.29) is 5.41 Å². The molecule has 0 spiro atoms. The maximum Gasteiger partial charge on any atom is 0.119 e. The number of piperidine rings is 3. The van der Waals surface area contributed by atoms with Crippen molar-refractivity contribution in [2.75, 3.05) is 32.8 Å². The number of nitriles is 1. The van der Waals surface area contributed by atoms with E-state index in [2.05, 4.69) is 66.7 Å². The molecule has 0 aromatic heterocycles. The minimum absolute atomic E-state index is 0.000870. The van der Waals surface area contributed by atoms with Crippen LogP contribution in [-0.4, -0.2) is 37.3 Å². The van der Waals surface area contributed by atoms with Gasteiger partial charge in [-0.3, -0.25) is 0 Å². The van der Waals surface area contributed by atoms with Crippen LogP contribution in [0.4, 0.5) is 0 Å². The summed E-state index contributed by atoms with van der Waals surface area (Å²) in [6, 6.07) is 34.2. The fourth-order valence-electron chi connectivity index (χ4n) is 6.62. The summed E-state index contributed by atoms with van der Waals surface area (Å²) in [6.07, 6.45) is 5.64. The topological polar surface area (TPSA) is 33.0 Å². The normalized spacial score (nSPS) is 23.9. The number of para-hydroxylation sites is 1. The predicted molar refractivity (Wildman–Crippen MR) is 136 cm³/mol. The van der Waals surface area contributed by atoms with Crippen molar-refractivity contribution in [1.29, 1.82) is 5.26 Å². The molecule has 3 aromatic rings. The smallest absolute Gasteiger partial charge is 0.119 e. The minimum atomic E-state index is -0.588. The molecule has 0 atom stereocenters. The number of benzene rings is 3. The van der Waals surface area contributed by atoms with Crippen LogP contribution in [-0.2, 0) is 5.41 Å². The van der Waals surface area contributed by atoms with Crippen LogP contribution < -0.4 is 4.74 Å². The van der Waals surface area contributed by atoms with E-state index in [1.54, 1.807) is 0 Å². The molecule has 3 nitrogen and oxygen atoms in total. The number of quaternary nitrogens is 1. The van der Waals surface area contributed by atoms with Gasteiger partial charge in [0.25, 0.3) is 0 Å². The highest BCUT2D eigenvalue weighted by molar-refractivity contribution is 5.49. The van der Waals surface area contributed by atoms with E-state index in [0.29, 0.717) is 0 Å². The number of rotatable bonds is 9. The first-order chi connectivity index (χ1) is 16.7. The summed E-state index contributed by atoms with van der Waals surface area (Å²) in [5.41, 5.74) is 1.73. The summed E-state index contributed by atoms with van der Waals surface area (Å²) in [5.74, 6) is 0.963. The van der Waals surface area contributed by atoms with Crippen LogP contribution in [0.3, 0.4) is 0 Å². The molecule has 34 heavy (non-hydrogen) atoms. The molecule has 2 bridgehead atoms. The second-order valence-electron chi connectivity index (χ2n) is 10.2. The third-order valence-corrected chi connectivity index (χ3v) is 8.61. The fourth-order valence-corrected chi connectivity index (χ4v) is 6.62. The molecule has 3 saturated heterocycles. The van der Waals surface area contributed by atoms with Gasteiger partial charge in [0.05, 0.1) is 38.9 Å². The molecule has 0 radical (unpaired) electrons. The van der Waals surface area contributed by atoms with Gasteiger partial charge >= 0.3 is 0 Å². The van der Waals surface area contributed by atoms with E-state index in [0.717, 1.165) is 49.2 Å². The molecule has 6 rings (SSSR count). The third-order valence-electron chi connectivity index (χ3n) is 8.61. The number of ether oxygens (including phenoxy) is 1. The fraction of sp³-hybridized carbons (Fsp3) is 0.387. The number of unbranched alkanes of at least 4 members (excludes halogenated alkanes) is 1. The molecule has 3 fully saturated rings. The Labute approximate surface area is 204 Å². The lowest BCUT2D eigenvalue weighted by molar-refractivity contribution is -0.946. The summed E-state index contributed by atoms with van der Waals surface area (Å²) in [5, 5.41) is 10.8. The lowest BCUT2D eigenvalue weighted by atomic mass is 9.50. The highest BCUT2D eigenvalue weighted by Crippen LogP contribution is 2.58. The van der Waals surface area contributed by atoms with Crippen LogP contribution >= 0.6 is 0 Å². The first-order valence-corrected chi connectivity index (χ1v) is 12.8. The number of hydrogen-bond donors (Lipinski definition) is 0. The zero-order valence-corrected chi connectivity index (χ0v) is 20.0. The summed E-state index contributed by atoms with van der Waals surface area (Å²) >= 11 is 0.